The Bertz CT molecular complexity index is 595. The van der Waals surface area contributed by atoms with Gasteiger partial charge in [0.15, 0.2) is 0 Å². The lowest BCUT2D eigenvalue weighted by atomic mass is 10.1. The van der Waals surface area contributed by atoms with Crippen LogP contribution in [0.25, 0.3) is 10.9 Å². The standard InChI is InChI=1S/C13H11ClFNO/c1-17-11-5-4-9(15)13-12(11)8(14)6-10(16-13)7-2-3-7/h4-7H,2-3H2,1H3. The molecule has 1 aliphatic carbocycles. The van der Waals surface area contributed by atoms with Gasteiger partial charge < -0.3 is 4.74 Å². The maximum absolute atomic E-state index is 13.8. The lowest BCUT2D eigenvalue weighted by molar-refractivity contribution is 0.419. The lowest BCUT2D eigenvalue weighted by Crippen LogP contribution is -1.94. The molecule has 0 amide bonds. The number of benzene rings is 1. The molecule has 0 aliphatic heterocycles. The molecule has 1 aliphatic rings. The van der Waals surface area contributed by atoms with Gasteiger partial charge >= 0.3 is 0 Å². The van der Waals surface area contributed by atoms with Crippen LogP contribution in [0, 0.1) is 5.82 Å². The summed E-state index contributed by atoms with van der Waals surface area (Å²) in [6.07, 6.45) is 2.22. The maximum Gasteiger partial charge on any atom is 0.149 e. The van der Waals surface area contributed by atoms with E-state index in [4.69, 9.17) is 16.3 Å². The van der Waals surface area contributed by atoms with Crippen molar-refractivity contribution in [1.82, 2.24) is 4.98 Å². The van der Waals surface area contributed by atoms with E-state index in [1.54, 1.807) is 6.07 Å². The van der Waals surface area contributed by atoms with Gasteiger partial charge in [0.2, 0.25) is 0 Å². The first-order valence-corrected chi connectivity index (χ1v) is 5.91. The van der Waals surface area contributed by atoms with E-state index < -0.39 is 0 Å². The van der Waals surface area contributed by atoms with Crippen LogP contribution in [-0.2, 0) is 0 Å². The second-order valence-electron chi connectivity index (χ2n) is 4.28. The van der Waals surface area contributed by atoms with Crippen molar-refractivity contribution in [3.63, 3.8) is 0 Å². The highest BCUT2D eigenvalue weighted by Crippen LogP contribution is 2.42. The van der Waals surface area contributed by atoms with Crippen LogP contribution < -0.4 is 4.74 Å². The van der Waals surface area contributed by atoms with Gasteiger partial charge in [-0.25, -0.2) is 9.37 Å². The molecule has 1 aromatic carbocycles. The number of fused-ring (bicyclic) bond motifs is 1. The van der Waals surface area contributed by atoms with Gasteiger partial charge in [0.1, 0.15) is 17.1 Å². The Kier molecular flexibility index (Phi) is 2.44. The van der Waals surface area contributed by atoms with Crippen LogP contribution in [0.3, 0.4) is 0 Å². The van der Waals surface area contributed by atoms with Crippen LogP contribution in [0.1, 0.15) is 24.5 Å². The molecule has 2 aromatic rings. The number of halogens is 2. The topological polar surface area (TPSA) is 22.1 Å². The highest BCUT2D eigenvalue weighted by Gasteiger charge is 2.26. The van der Waals surface area contributed by atoms with Crippen molar-refractivity contribution in [1.29, 1.82) is 0 Å². The van der Waals surface area contributed by atoms with Gasteiger partial charge in [-0.05, 0) is 31.0 Å². The molecule has 0 bridgehead atoms. The molecule has 3 rings (SSSR count). The molecule has 1 heterocycles. The van der Waals surface area contributed by atoms with Crippen LogP contribution in [-0.4, -0.2) is 12.1 Å². The Morgan fingerprint density at radius 1 is 1.41 bits per heavy atom. The number of ether oxygens (including phenoxy) is 1. The van der Waals surface area contributed by atoms with Crippen molar-refractivity contribution >= 4 is 22.5 Å². The van der Waals surface area contributed by atoms with E-state index in [-0.39, 0.29) is 5.82 Å². The minimum Gasteiger partial charge on any atom is -0.496 e. The quantitative estimate of drug-likeness (QED) is 0.807. The zero-order chi connectivity index (χ0) is 12.0. The molecule has 1 aromatic heterocycles. The zero-order valence-electron chi connectivity index (χ0n) is 9.34. The summed E-state index contributed by atoms with van der Waals surface area (Å²) in [7, 11) is 1.54. The van der Waals surface area contributed by atoms with Crippen molar-refractivity contribution in [2.75, 3.05) is 7.11 Å². The summed E-state index contributed by atoms with van der Waals surface area (Å²) in [6, 6.07) is 4.76. The van der Waals surface area contributed by atoms with Crippen molar-refractivity contribution in [3.05, 3.63) is 34.7 Å². The number of aromatic nitrogens is 1. The van der Waals surface area contributed by atoms with Gasteiger partial charge in [-0.2, -0.15) is 0 Å². The van der Waals surface area contributed by atoms with E-state index in [0.717, 1.165) is 18.5 Å². The molecule has 4 heteroatoms. The zero-order valence-corrected chi connectivity index (χ0v) is 10.1. The first-order valence-electron chi connectivity index (χ1n) is 5.53. The van der Waals surface area contributed by atoms with Gasteiger partial charge in [0.25, 0.3) is 0 Å². The number of pyridine rings is 1. The van der Waals surface area contributed by atoms with Gasteiger partial charge in [-0.1, -0.05) is 11.6 Å². The third-order valence-electron chi connectivity index (χ3n) is 3.06. The minimum absolute atomic E-state index is 0.304. The fraction of sp³-hybridized carbons (Fsp3) is 0.308. The number of rotatable bonds is 2. The van der Waals surface area contributed by atoms with Crippen molar-refractivity contribution in [2.24, 2.45) is 0 Å². The lowest BCUT2D eigenvalue weighted by Gasteiger charge is -2.09. The Labute approximate surface area is 103 Å². The predicted octanol–water partition coefficient (Wildman–Crippen LogP) is 3.91. The van der Waals surface area contributed by atoms with E-state index in [2.05, 4.69) is 4.98 Å². The van der Waals surface area contributed by atoms with Crippen molar-refractivity contribution in [3.8, 4) is 5.75 Å². The summed E-state index contributed by atoms with van der Waals surface area (Å²) >= 11 is 6.20. The molecule has 1 fully saturated rings. The first kappa shape index (κ1) is 10.8. The molecular formula is C13H11ClFNO. The normalized spacial score (nSPS) is 15.2. The third kappa shape index (κ3) is 1.75. The van der Waals surface area contributed by atoms with Crippen LogP contribution in [0.15, 0.2) is 18.2 Å². The Balaban J connectivity index is 2.33. The maximum atomic E-state index is 13.8. The molecule has 17 heavy (non-hydrogen) atoms. The van der Waals surface area contributed by atoms with Gasteiger partial charge in [-0.3, -0.25) is 0 Å². The molecular weight excluding hydrogens is 241 g/mol. The Morgan fingerprint density at radius 3 is 2.82 bits per heavy atom. The first-order chi connectivity index (χ1) is 8.20. The smallest absolute Gasteiger partial charge is 0.149 e. The van der Waals surface area contributed by atoms with E-state index in [1.165, 1.54) is 13.2 Å². The summed E-state index contributed by atoms with van der Waals surface area (Å²) in [5.41, 5.74) is 1.19. The fourth-order valence-electron chi connectivity index (χ4n) is 2.01. The molecule has 88 valence electrons. The highest BCUT2D eigenvalue weighted by molar-refractivity contribution is 6.36. The molecule has 0 radical (unpaired) electrons. The molecule has 2 nitrogen and oxygen atoms in total. The number of hydrogen-bond donors (Lipinski definition) is 0. The Hall–Kier alpha value is -1.35. The molecule has 0 saturated heterocycles. The SMILES string of the molecule is COc1ccc(F)c2nc(C3CC3)cc(Cl)c12. The predicted molar refractivity (Wildman–Crippen MR) is 65.2 cm³/mol. The number of nitrogens with zero attached hydrogens (tertiary/aromatic N) is 1. The second-order valence-corrected chi connectivity index (χ2v) is 4.68. The summed E-state index contributed by atoms with van der Waals surface area (Å²) in [6.45, 7) is 0. The summed E-state index contributed by atoms with van der Waals surface area (Å²) < 4.78 is 19.0. The largest absolute Gasteiger partial charge is 0.496 e. The minimum atomic E-state index is -0.356. The molecule has 0 N–H and O–H groups in total. The summed E-state index contributed by atoms with van der Waals surface area (Å²) in [5, 5.41) is 1.06. The van der Waals surface area contributed by atoms with Crippen LogP contribution in [0.4, 0.5) is 4.39 Å². The molecule has 0 spiro atoms. The summed E-state index contributed by atoms with van der Waals surface area (Å²) in [5.74, 6) is 0.647. The third-order valence-corrected chi connectivity index (χ3v) is 3.36. The van der Waals surface area contributed by atoms with Gasteiger partial charge in [0.05, 0.1) is 17.5 Å². The summed E-state index contributed by atoms with van der Waals surface area (Å²) in [4.78, 5) is 4.37. The van der Waals surface area contributed by atoms with E-state index in [1.807, 2.05) is 6.07 Å². The second kappa shape index (κ2) is 3.84. The Morgan fingerprint density at radius 2 is 2.18 bits per heavy atom. The molecule has 0 atom stereocenters. The monoisotopic (exact) mass is 251 g/mol. The average Bonchev–Trinajstić information content (AvgIpc) is 3.14. The van der Waals surface area contributed by atoms with E-state index in [0.29, 0.717) is 27.6 Å². The van der Waals surface area contributed by atoms with Crippen molar-refractivity contribution < 1.29 is 9.13 Å². The van der Waals surface area contributed by atoms with Crippen LogP contribution >= 0.6 is 11.6 Å². The van der Waals surface area contributed by atoms with Gasteiger partial charge in [-0.15, -0.1) is 0 Å². The van der Waals surface area contributed by atoms with Crippen LogP contribution in [0.5, 0.6) is 5.75 Å². The molecule has 0 unspecified atom stereocenters. The molecule has 1 saturated carbocycles. The average molecular weight is 252 g/mol. The van der Waals surface area contributed by atoms with E-state index in [9.17, 15) is 4.39 Å². The van der Waals surface area contributed by atoms with Gasteiger partial charge in [0, 0.05) is 11.6 Å². The van der Waals surface area contributed by atoms with Crippen LogP contribution in [0.2, 0.25) is 5.02 Å². The highest BCUT2D eigenvalue weighted by atomic mass is 35.5. The van der Waals surface area contributed by atoms with Crippen molar-refractivity contribution in [2.45, 2.75) is 18.8 Å². The fourth-order valence-corrected chi connectivity index (χ4v) is 2.30. The van der Waals surface area contributed by atoms with E-state index >= 15 is 0 Å². The number of methoxy groups -OCH3 is 1. The number of hydrogen-bond acceptors (Lipinski definition) is 2.